The van der Waals surface area contributed by atoms with Gasteiger partial charge in [-0.2, -0.15) is 0 Å². The summed E-state index contributed by atoms with van der Waals surface area (Å²) in [6.07, 6.45) is 1.70. The molecular weight excluding hydrogens is 247 g/mol. The van der Waals surface area contributed by atoms with Crippen molar-refractivity contribution in [1.29, 1.82) is 0 Å². The number of esters is 1. The lowest BCUT2D eigenvalue weighted by Crippen LogP contribution is -2.07. The molecule has 1 aromatic heterocycles. The van der Waals surface area contributed by atoms with Crippen LogP contribution in [0.3, 0.4) is 0 Å². The van der Waals surface area contributed by atoms with Gasteiger partial charge in [-0.05, 0) is 30.3 Å². The molecule has 0 aliphatic rings. The molecule has 0 saturated carbocycles. The molecule has 0 aliphatic heterocycles. The summed E-state index contributed by atoms with van der Waals surface area (Å²) < 4.78 is 17.9. The number of carbonyl (C=O) groups is 1. The van der Waals surface area contributed by atoms with E-state index in [0.29, 0.717) is 12.2 Å². The lowest BCUT2D eigenvalue weighted by atomic mass is 10.2. The van der Waals surface area contributed by atoms with Gasteiger partial charge in [-0.25, -0.2) is 9.18 Å². The van der Waals surface area contributed by atoms with E-state index in [1.54, 1.807) is 12.3 Å². The van der Waals surface area contributed by atoms with Crippen molar-refractivity contribution in [1.82, 2.24) is 4.98 Å². The molecule has 0 radical (unpaired) electrons. The second kappa shape index (κ2) is 5.95. The van der Waals surface area contributed by atoms with Crippen LogP contribution in [-0.2, 0) is 11.3 Å². The Morgan fingerprint density at radius 3 is 2.89 bits per heavy atom. The van der Waals surface area contributed by atoms with Gasteiger partial charge in [-0.15, -0.1) is 0 Å². The number of ether oxygens (including phenoxy) is 1. The summed E-state index contributed by atoms with van der Waals surface area (Å²) in [7, 11) is 1.22. The Bertz CT molecular complexity index is 573. The van der Waals surface area contributed by atoms with Crippen molar-refractivity contribution < 1.29 is 13.9 Å². The molecule has 2 aromatic rings. The van der Waals surface area contributed by atoms with Crippen molar-refractivity contribution >= 4 is 11.7 Å². The van der Waals surface area contributed by atoms with Crippen molar-refractivity contribution in [2.75, 3.05) is 12.4 Å². The van der Waals surface area contributed by atoms with E-state index in [1.165, 1.54) is 19.2 Å². The van der Waals surface area contributed by atoms with Crippen LogP contribution in [0.1, 0.15) is 16.1 Å². The maximum atomic E-state index is 13.4. The third-order valence-electron chi connectivity index (χ3n) is 2.57. The Labute approximate surface area is 110 Å². The number of hydrogen-bond donors (Lipinski definition) is 1. The van der Waals surface area contributed by atoms with Gasteiger partial charge in [0.05, 0.1) is 24.9 Å². The van der Waals surface area contributed by atoms with Gasteiger partial charge in [0, 0.05) is 11.9 Å². The lowest BCUT2D eigenvalue weighted by Gasteiger charge is -2.08. The Morgan fingerprint density at radius 1 is 1.37 bits per heavy atom. The Morgan fingerprint density at radius 2 is 2.21 bits per heavy atom. The highest BCUT2D eigenvalue weighted by molar-refractivity contribution is 5.90. The Hall–Kier alpha value is -2.43. The van der Waals surface area contributed by atoms with Gasteiger partial charge >= 0.3 is 5.97 Å². The predicted molar refractivity (Wildman–Crippen MR) is 69.3 cm³/mol. The van der Waals surface area contributed by atoms with E-state index in [-0.39, 0.29) is 5.56 Å². The van der Waals surface area contributed by atoms with Gasteiger partial charge in [0.25, 0.3) is 0 Å². The van der Waals surface area contributed by atoms with Crippen molar-refractivity contribution in [2.45, 2.75) is 6.54 Å². The fourth-order valence-corrected chi connectivity index (χ4v) is 1.60. The average molecular weight is 260 g/mol. The van der Waals surface area contributed by atoms with E-state index < -0.39 is 11.8 Å². The van der Waals surface area contributed by atoms with Gasteiger partial charge in [0.2, 0.25) is 0 Å². The Balaban J connectivity index is 2.11. The molecule has 1 aromatic carbocycles. The molecule has 1 heterocycles. The first-order chi connectivity index (χ1) is 9.20. The second-order valence-corrected chi connectivity index (χ2v) is 3.86. The monoisotopic (exact) mass is 260 g/mol. The highest BCUT2D eigenvalue weighted by atomic mass is 19.1. The minimum atomic E-state index is -0.695. The van der Waals surface area contributed by atoms with Crippen LogP contribution in [0.4, 0.5) is 10.1 Å². The number of nitrogens with one attached hydrogen (secondary N) is 1. The lowest BCUT2D eigenvalue weighted by molar-refractivity contribution is 0.0595. The van der Waals surface area contributed by atoms with Crippen LogP contribution in [0, 0.1) is 5.82 Å². The van der Waals surface area contributed by atoms with Gasteiger partial charge in [0.15, 0.2) is 0 Å². The number of anilines is 1. The zero-order valence-electron chi connectivity index (χ0n) is 10.4. The number of carbonyl (C=O) groups excluding carboxylic acids is 1. The van der Waals surface area contributed by atoms with E-state index in [1.807, 2.05) is 18.2 Å². The van der Waals surface area contributed by atoms with Crippen molar-refractivity contribution in [2.24, 2.45) is 0 Å². The minimum absolute atomic E-state index is 0.0893. The van der Waals surface area contributed by atoms with Crippen LogP contribution in [-0.4, -0.2) is 18.1 Å². The van der Waals surface area contributed by atoms with Crippen LogP contribution < -0.4 is 5.32 Å². The molecule has 5 heteroatoms. The summed E-state index contributed by atoms with van der Waals surface area (Å²) in [6, 6.07) is 9.80. The molecule has 0 unspecified atom stereocenters. The van der Waals surface area contributed by atoms with Gasteiger partial charge in [0.1, 0.15) is 5.82 Å². The maximum Gasteiger partial charge on any atom is 0.340 e. The second-order valence-electron chi connectivity index (χ2n) is 3.86. The normalized spacial score (nSPS) is 10.0. The van der Waals surface area contributed by atoms with Gasteiger partial charge < -0.3 is 10.1 Å². The summed E-state index contributed by atoms with van der Waals surface area (Å²) in [5.41, 5.74) is 1.40. The summed E-state index contributed by atoms with van der Waals surface area (Å²) in [5, 5.41) is 3.07. The van der Waals surface area contributed by atoms with Crippen LogP contribution >= 0.6 is 0 Å². The molecule has 0 saturated heterocycles. The molecule has 2 rings (SSSR count). The molecule has 19 heavy (non-hydrogen) atoms. The molecule has 4 nitrogen and oxygen atoms in total. The molecule has 1 N–H and O–H groups in total. The summed E-state index contributed by atoms with van der Waals surface area (Å²) >= 11 is 0. The quantitative estimate of drug-likeness (QED) is 0.858. The number of hydrogen-bond acceptors (Lipinski definition) is 4. The van der Waals surface area contributed by atoms with Crippen LogP contribution in [0.15, 0.2) is 42.6 Å². The molecule has 0 aliphatic carbocycles. The smallest absolute Gasteiger partial charge is 0.340 e. The number of rotatable bonds is 4. The highest BCUT2D eigenvalue weighted by Gasteiger charge is 2.12. The average Bonchev–Trinajstić information content (AvgIpc) is 2.46. The summed E-state index contributed by atoms with van der Waals surface area (Å²) in [4.78, 5) is 15.5. The SMILES string of the molecule is COC(=O)c1cc(NCc2ccccn2)ccc1F. The van der Waals surface area contributed by atoms with E-state index in [2.05, 4.69) is 15.0 Å². The largest absolute Gasteiger partial charge is 0.465 e. The first kappa shape index (κ1) is 13.0. The number of benzene rings is 1. The molecule has 0 fully saturated rings. The first-order valence-electron chi connectivity index (χ1n) is 5.72. The molecule has 0 spiro atoms. The van der Waals surface area contributed by atoms with E-state index >= 15 is 0 Å². The predicted octanol–water partition coefficient (Wildman–Crippen LogP) is 2.62. The van der Waals surface area contributed by atoms with Crippen molar-refractivity contribution in [3.63, 3.8) is 0 Å². The number of methoxy groups -OCH3 is 1. The number of aromatic nitrogens is 1. The van der Waals surface area contributed by atoms with Crippen LogP contribution in [0.25, 0.3) is 0 Å². The number of halogens is 1. The number of pyridine rings is 1. The first-order valence-corrected chi connectivity index (χ1v) is 5.72. The van der Waals surface area contributed by atoms with E-state index in [0.717, 1.165) is 5.69 Å². The molecule has 0 atom stereocenters. The molecular formula is C14H13FN2O2. The third kappa shape index (κ3) is 3.28. The summed E-state index contributed by atoms with van der Waals surface area (Å²) in [6.45, 7) is 0.493. The molecule has 98 valence electrons. The van der Waals surface area contributed by atoms with Gasteiger partial charge in [-0.1, -0.05) is 6.07 Å². The summed E-state index contributed by atoms with van der Waals surface area (Å²) in [5.74, 6) is -1.30. The number of nitrogens with zero attached hydrogens (tertiary/aromatic N) is 1. The standard InChI is InChI=1S/C14H13FN2O2/c1-19-14(18)12-8-10(5-6-13(12)15)17-9-11-4-2-3-7-16-11/h2-8,17H,9H2,1H3. The van der Waals surface area contributed by atoms with Gasteiger partial charge in [-0.3, -0.25) is 4.98 Å². The zero-order chi connectivity index (χ0) is 13.7. The highest BCUT2D eigenvalue weighted by Crippen LogP contribution is 2.16. The molecule has 0 bridgehead atoms. The van der Waals surface area contributed by atoms with Crippen molar-refractivity contribution in [3.05, 3.63) is 59.7 Å². The third-order valence-corrected chi connectivity index (χ3v) is 2.57. The van der Waals surface area contributed by atoms with Crippen molar-refractivity contribution in [3.8, 4) is 0 Å². The topological polar surface area (TPSA) is 51.2 Å². The molecule has 0 amide bonds. The van der Waals surface area contributed by atoms with E-state index in [9.17, 15) is 9.18 Å². The van der Waals surface area contributed by atoms with E-state index in [4.69, 9.17) is 0 Å². The minimum Gasteiger partial charge on any atom is -0.465 e. The maximum absolute atomic E-state index is 13.4. The zero-order valence-corrected chi connectivity index (χ0v) is 10.4. The van der Waals surface area contributed by atoms with Crippen LogP contribution in [0.5, 0.6) is 0 Å². The fourth-order valence-electron chi connectivity index (χ4n) is 1.60. The van der Waals surface area contributed by atoms with Crippen LogP contribution in [0.2, 0.25) is 0 Å². The Kier molecular flexibility index (Phi) is 4.07. The fraction of sp³-hybridized carbons (Fsp3) is 0.143.